The van der Waals surface area contributed by atoms with Gasteiger partial charge in [-0.1, -0.05) is 18.2 Å². The first-order valence-corrected chi connectivity index (χ1v) is 3.50. The normalized spacial score (nSPS) is 8.25. The van der Waals surface area contributed by atoms with Gasteiger partial charge >= 0.3 is 0 Å². The van der Waals surface area contributed by atoms with Gasteiger partial charge in [0.2, 0.25) is 0 Å². The molecule has 3 N–H and O–H groups in total. The SMILES string of the molecule is N#CN.c1ccc2[nH]ccc2c1. The molecule has 1 aromatic heterocycles. The number of aromatic amines is 1. The molecule has 0 saturated heterocycles. The summed E-state index contributed by atoms with van der Waals surface area (Å²) in [6.07, 6.45) is 3.20. The predicted molar refractivity (Wildman–Crippen MR) is 48.1 cm³/mol. The van der Waals surface area contributed by atoms with Crippen molar-refractivity contribution in [3.63, 3.8) is 0 Å². The molecule has 0 fully saturated rings. The number of benzene rings is 1. The van der Waals surface area contributed by atoms with E-state index in [4.69, 9.17) is 5.26 Å². The summed E-state index contributed by atoms with van der Waals surface area (Å²) in [7, 11) is 0. The van der Waals surface area contributed by atoms with Crippen LogP contribution in [0.4, 0.5) is 0 Å². The summed E-state index contributed by atoms with van der Waals surface area (Å²) in [4.78, 5) is 3.12. The zero-order valence-electron chi connectivity index (χ0n) is 6.49. The van der Waals surface area contributed by atoms with Gasteiger partial charge in [-0.15, -0.1) is 0 Å². The Morgan fingerprint density at radius 1 is 1.25 bits per heavy atom. The summed E-state index contributed by atoms with van der Waals surface area (Å²) in [5.41, 5.74) is 5.36. The van der Waals surface area contributed by atoms with Crippen LogP contribution in [0.5, 0.6) is 0 Å². The molecule has 1 aromatic carbocycles. The molecule has 1 heterocycles. The molecular formula is C9H9N3. The van der Waals surface area contributed by atoms with Crippen molar-refractivity contribution in [1.82, 2.24) is 4.98 Å². The molecule has 0 unspecified atom stereocenters. The van der Waals surface area contributed by atoms with Crippen LogP contribution < -0.4 is 5.73 Å². The Bertz CT molecular complexity index is 354. The highest BCUT2D eigenvalue weighted by Crippen LogP contribution is 2.09. The molecule has 3 nitrogen and oxygen atoms in total. The van der Waals surface area contributed by atoms with Crippen LogP contribution in [0.1, 0.15) is 0 Å². The quantitative estimate of drug-likeness (QED) is 0.453. The van der Waals surface area contributed by atoms with E-state index in [9.17, 15) is 0 Å². The zero-order valence-corrected chi connectivity index (χ0v) is 6.49. The van der Waals surface area contributed by atoms with Gasteiger partial charge in [0.25, 0.3) is 0 Å². The minimum Gasteiger partial charge on any atom is -0.361 e. The Morgan fingerprint density at radius 2 is 1.92 bits per heavy atom. The van der Waals surface area contributed by atoms with Crippen molar-refractivity contribution in [1.29, 1.82) is 5.26 Å². The van der Waals surface area contributed by atoms with E-state index in [2.05, 4.69) is 28.9 Å². The maximum Gasteiger partial charge on any atom is 0.173 e. The first kappa shape index (κ1) is 8.15. The molecule has 12 heavy (non-hydrogen) atoms. The van der Waals surface area contributed by atoms with Gasteiger partial charge in [-0.05, 0) is 17.5 Å². The lowest BCUT2D eigenvalue weighted by Crippen LogP contribution is -1.69. The fourth-order valence-corrected chi connectivity index (χ4v) is 0.995. The van der Waals surface area contributed by atoms with Crippen LogP contribution in [0.3, 0.4) is 0 Å². The topological polar surface area (TPSA) is 65.6 Å². The molecule has 0 bridgehead atoms. The molecule has 2 aromatic rings. The first-order valence-electron chi connectivity index (χ1n) is 3.50. The summed E-state index contributed by atoms with van der Waals surface area (Å²) >= 11 is 0. The molecule has 0 aliphatic rings. The van der Waals surface area contributed by atoms with Gasteiger partial charge in [-0.2, -0.15) is 5.26 Å². The van der Waals surface area contributed by atoms with Crippen molar-refractivity contribution in [2.24, 2.45) is 5.73 Å². The van der Waals surface area contributed by atoms with Gasteiger partial charge in [-0.25, -0.2) is 0 Å². The van der Waals surface area contributed by atoms with Crippen LogP contribution in [0.25, 0.3) is 10.9 Å². The van der Waals surface area contributed by atoms with Crippen LogP contribution in [-0.2, 0) is 0 Å². The summed E-state index contributed by atoms with van der Waals surface area (Å²) in [5, 5.41) is 8.37. The Labute approximate surface area is 70.4 Å². The standard InChI is InChI=1S/C8H7N.CH2N2/c1-2-4-8-7(3-1)5-6-9-8;2-1-3/h1-6,9H;2H2. The fraction of sp³-hybridized carbons (Fsp3) is 0. The Hall–Kier alpha value is -1.95. The van der Waals surface area contributed by atoms with Gasteiger partial charge in [0.05, 0.1) is 0 Å². The van der Waals surface area contributed by atoms with Crippen LogP contribution in [0.15, 0.2) is 36.5 Å². The average molecular weight is 159 g/mol. The molecule has 0 radical (unpaired) electrons. The Kier molecular flexibility index (Phi) is 2.74. The van der Waals surface area contributed by atoms with Gasteiger partial charge in [0.15, 0.2) is 6.19 Å². The zero-order chi connectivity index (χ0) is 8.81. The summed E-state index contributed by atoms with van der Waals surface area (Å²) in [6.45, 7) is 0. The van der Waals surface area contributed by atoms with Crippen molar-refractivity contribution in [3.05, 3.63) is 36.5 Å². The highest BCUT2D eigenvalue weighted by molar-refractivity contribution is 5.78. The number of nitriles is 1. The van der Waals surface area contributed by atoms with E-state index in [1.165, 1.54) is 17.1 Å². The number of nitrogens with two attached hydrogens (primary N) is 1. The third kappa shape index (κ3) is 1.77. The second-order valence-electron chi connectivity index (χ2n) is 2.19. The fourth-order valence-electron chi connectivity index (χ4n) is 0.995. The monoisotopic (exact) mass is 159 g/mol. The number of rotatable bonds is 0. The van der Waals surface area contributed by atoms with Crippen molar-refractivity contribution >= 4 is 10.9 Å². The van der Waals surface area contributed by atoms with Crippen molar-refractivity contribution in [3.8, 4) is 6.19 Å². The Balaban J connectivity index is 0.000000213. The van der Waals surface area contributed by atoms with Gasteiger partial charge < -0.3 is 10.7 Å². The van der Waals surface area contributed by atoms with E-state index in [1.807, 2.05) is 18.3 Å². The van der Waals surface area contributed by atoms with E-state index in [0.29, 0.717) is 0 Å². The van der Waals surface area contributed by atoms with Crippen LogP contribution >= 0.6 is 0 Å². The smallest absolute Gasteiger partial charge is 0.173 e. The van der Waals surface area contributed by atoms with Crippen LogP contribution in [0.2, 0.25) is 0 Å². The minimum absolute atomic E-state index is 1.21. The maximum atomic E-state index is 7.10. The van der Waals surface area contributed by atoms with E-state index in [0.717, 1.165) is 0 Å². The highest BCUT2D eigenvalue weighted by atomic mass is 14.7. The third-order valence-electron chi connectivity index (χ3n) is 1.46. The molecule has 3 heteroatoms. The van der Waals surface area contributed by atoms with Gasteiger partial charge in [0.1, 0.15) is 0 Å². The average Bonchev–Trinajstić information content (AvgIpc) is 2.52. The third-order valence-corrected chi connectivity index (χ3v) is 1.46. The number of nitrogens with zero attached hydrogens (tertiary/aromatic N) is 1. The molecule has 0 aliphatic carbocycles. The summed E-state index contributed by atoms with van der Waals surface area (Å²) in [6, 6.07) is 10.3. The molecule has 0 amide bonds. The predicted octanol–water partition coefficient (Wildman–Crippen LogP) is 1.59. The van der Waals surface area contributed by atoms with Gasteiger partial charge in [-0.3, -0.25) is 0 Å². The molecule has 2 rings (SSSR count). The minimum atomic E-state index is 1.21. The summed E-state index contributed by atoms with van der Waals surface area (Å²) in [5.74, 6) is 0. The number of hydrogen-bond acceptors (Lipinski definition) is 2. The molecule has 60 valence electrons. The van der Waals surface area contributed by atoms with E-state index in [1.54, 1.807) is 0 Å². The number of hydrogen-bond donors (Lipinski definition) is 2. The number of H-pyrrole nitrogens is 1. The van der Waals surface area contributed by atoms with E-state index in [-0.39, 0.29) is 0 Å². The Morgan fingerprint density at radius 3 is 2.58 bits per heavy atom. The van der Waals surface area contributed by atoms with Crippen molar-refractivity contribution in [2.45, 2.75) is 0 Å². The molecule has 0 atom stereocenters. The largest absolute Gasteiger partial charge is 0.361 e. The number of aromatic nitrogens is 1. The van der Waals surface area contributed by atoms with E-state index < -0.39 is 0 Å². The lowest BCUT2D eigenvalue weighted by molar-refractivity contribution is 1.45. The number of fused-ring (bicyclic) bond motifs is 1. The number of para-hydroxylation sites is 1. The number of nitrogens with one attached hydrogen (secondary N) is 1. The second kappa shape index (κ2) is 4.04. The molecule has 0 aliphatic heterocycles. The molecule has 0 saturated carbocycles. The lowest BCUT2D eigenvalue weighted by Gasteiger charge is -1.83. The van der Waals surface area contributed by atoms with E-state index >= 15 is 0 Å². The molecular weight excluding hydrogens is 150 g/mol. The second-order valence-corrected chi connectivity index (χ2v) is 2.19. The van der Waals surface area contributed by atoms with Crippen molar-refractivity contribution in [2.75, 3.05) is 0 Å². The maximum absolute atomic E-state index is 7.10. The molecule has 0 spiro atoms. The first-order chi connectivity index (χ1) is 5.88. The van der Waals surface area contributed by atoms with Crippen LogP contribution in [0, 0.1) is 11.5 Å². The van der Waals surface area contributed by atoms with Gasteiger partial charge in [0, 0.05) is 11.7 Å². The highest BCUT2D eigenvalue weighted by Gasteiger charge is 1.86. The summed E-state index contributed by atoms with van der Waals surface area (Å²) < 4.78 is 0. The lowest BCUT2D eigenvalue weighted by atomic mass is 10.3. The van der Waals surface area contributed by atoms with Crippen molar-refractivity contribution < 1.29 is 0 Å². The van der Waals surface area contributed by atoms with Crippen LogP contribution in [-0.4, -0.2) is 4.98 Å².